The minimum atomic E-state index is 0.0372. The molecule has 4 aliphatic rings. The van der Waals surface area contributed by atoms with Gasteiger partial charge in [-0.3, -0.25) is 9.69 Å². The van der Waals surface area contributed by atoms with Crippen LogP contribution in [0.2, 0.25) is 0 Å². The molecule has 31 heavy (non-hydrogen) atoms. The molecule has 2 bridgehead atoms. The average molecular weight is 439 g/mol. The van der Waals surface area contributed by atoms with Gasteiger partial charge in [0.05, 0.1) is 25.1 Å². The first kappa shape index (κ1) is 20.8. The lowest BCUT2D eigenvalue weighted by molar-refractivity contribution is 0.0217. The van der Waals surface area contributed by atoms with Crippen molar-refractivity contribution in [2.75, 3.05) is 44.3 Å². The van der Waals surface area contributed by atoms with Gasteiger partial charge >= 0.3 is 0 Å². The summed E-state index contributed by atoms with van der Waals surface area (Å²) in [5, 5.41) is 4.26. The quantitative estimate of drug-likeness (QED) is 0.773. The third kappa shape index (κ3) is 4.59. The monoisotopic (exact) mass is 438 g/mol. The van der Waals surface area contributed by atoms with Crippen LogP contribution in [0.3, 0.4) is 0 Å². The van der Waals surface area contributed by atoms with E-state index in [1.165, 1.54) is 25.9 Å². The molecule has 7 heteroatoms. The summed E-state index contributed by atoms with van der Waals surface area (Å²) in [6, 6.07) is 12.7. The molecule has 0 unspecified atom stereocenters. The Morgan fingerprint density at radius 3 is 2.45 bits per heavy atom. The van der Waals surface area contributed by atoms with E-state index in [1.807, 2.05) is 30.5 Å². The van der Waals surface area contributed by atoms with E-state index in [1.54, 1.807) is 11.8 Å². The molecule has 0 aliphatic carbocycles. The summed E-state index contributed by atoms with van der Waals surface area (Å²) in [6.07, 6.45) is 4.33. The van der Waals surface area contributed by atoms with Crippen molar-refractivity contribution in [3.63, 3.8) is 0 Å². The number of nitrogens with zero attached hydrogens (tertiary/aromatic N) is 3. The smallest absolute Gasteiger partial charge is 0.251 e. The van der Waals surface area contributed by atoms with E-state index in [4.69, 9.17) is 4.74 Å². The number of amides is 1. The van der Waals surface area contributed by atoms with Gasteiger partial charge in [0.25, 0.3) is 5.91 Å². The summed E-state index contributed by atoms with van der Waals surface area (Å²) >= 11 is 1.62. The largest absolute Gasteiger partial charge is 0.378 e. The zero-order chi connectivity index (χ0) is 21.2. The molecule has 4 aliphatic heterocycles. The number of hydrogen-bond acceptors (Lipinski definition) is 6. The maximum absolute atomic E-state index is 12.8. The fourth-order valence-electron chi connectivity index (χ4n) is 5.02. The Labute approximate surface area is 188 Å². The van der Waals surface area contributed by atoms with Crippen molar-refractivity contribution in [2.24, 2.45) is 5.92 Å². The average Bonchev–Trinajstić information content (AvgIpc) is 2.83. The van der Waals surface area contributed by atoms with Crippen molar-refractivity contribution < 1.29 is 9.53 Å². The number of aromatic nitrogens is 1. The first-order chi connectivity index (χ1) is 15.2. The van der Waals surface area contributed by atoms with Crippen LogP contribution in [0.25, 0.3) is 0 Å². The van der Waals surface area contributed by atoms with Crippen LogP contribution in [0.4, 0.5) is 5.69 Å². The van der Waals surface area contributed by atoms with Crippen LogP contribution in [0, 0.1) is 5.92 Å². The molecule has 0 spiro atoms. The van der Waals surface area contributed by atoms with Crippen molar-refractivity contribution >= 4 is 23.4 Å². The van der Waals surface area contributed by atoms with E-state index in [9.17, 15) is 4.79 Å². The van der Waals surface area contributed by atoms with E-state index >= 15 is 0 Å². The summed E-state index contributed by atoms with van der Waals surface area (Å²) in [4.78, 5) is 23.3. The highest BCUT2D eigenvalue weighted by atomic mass is 32.2. The zero-order valence-electron chi connectivity index (χ0n) is 18.0. The Morgan fingerprint density at radius 1 is 1.06 bits per heavy atom. The minimum absolute atomic E-state index is 0.0372. The van der Waals surface area contributed by atoms with E-state index in [0.717, 1.165) is 47.5 Å². The van der Waals surface area contributed by atoms with Gasteiger partial charge in [0.1, 0.15) is 5.03 Å². The molecule has 6 nitrogen and oxygen atoms in total. The second-order valence-electron chi connectivity index (χ2n) is 8.69. The van der Waals surface area contributed by atoms with Crippen LogP contribution in [0.5, 0.6) is 0 Å². The summed E-state index contributed by atoms with van der Waals surface area (Å²) in [5.41, 5.74) is 1.87. The number of benzene rings is 1. The van der Waals surface area contributed by atoms with Crippen molar-refractivity contribution in [1.82, 2.24) is 15.2 Å². The van der Waals surface area contributed by atoms with Gasteiger partial charge in [-0.15, -0.1) is 0 Å². The van der Waals surface area contributed by atoms with Crippen molar-refractivity contribution in [3.05, 3.63) is 48.2 Å². The number of ether oxygens (including phenoxy) is 1. The Bertz CT molecular complexity index is 889. The van der Waals surface area contributed by atoms with Crippen LogP contribution in [0.1, 0.15) is 30.1 Å². The van der Waals surface area contributed by atoms with Gasteiger partial charge in [0, 0.05) is 35.6 Å². The topological polar surface area (TPSA) is 57.7 Å². The molecule has 2 aromatic rings. The van der Waals surface area contributed by atoms with E-state index in [-0.39, 0.29) is 11.9 Å². The molecule has 1 aromatic carbocycles. The van der Waals surface area contributed by atoms with Crippen molar-refractivity contribution in [3.8, 4) is 0 Å². The number of anilines is 1. The highest BCUT2D eigenvalue weighted by Gasteiger charge is 2.40. The maximum Gasteiger partial charge on any atom is 0.251 e. The summed E-state index contributed by atoms with van der Waals surface area (Å²) in [5.74, 6) is 0.653. The van der Waals surface area contributed by atoms with Gasteiger partial charge in [-0.2, -0.15) is 0 Å². The Kier molecular flexibility index (Phi) is 6.16. The number of carbonyl (C=O) groups excluding carboxylic acids is 1. The molecule has 0 radical (unpaired) electrons. The van der Waals surface area contributed by atoms with E-state index < -0.39 is 0 Å². The Hall–Kier alpha value is -2.09. The van der Waals surface area contributed by atoms with E-state index in [0.29, 0.717) is 12.0 Å². The van der Waals surface area contributed by atoms with Crippen LogP contribution in [-0.4, -0.2) is 67.3 Å². The number of nitrogens with one attached hydrogen (secondary N) is 1. The van der Waals surface area contributed by atoms with Gasteiger partial charge in [-0.05, 0) is 75.2 Å². The standard InChI is InChI=1S/C24H30N4O2S/c1-17-23(18-8-10-27(17)11-9-18)26-24(29)19-2-5-21(6-3-19)31-22-7-4-20(16-25-22)28-12-14-30-15-13-28/h2-7,16-18,23H,8-15H2,1H3,(H,26,29)/t17-,23+/m1/s1. The maximum atomic E-state index is 12.8. The van der Waals surface area contributed by atoms with Crippen molar-refractivity contribution in [1.29, 1.82) is 0 Å². The number of fused-ring (bicyclic) bond motifs is 3. The van der Waals surface area contributed by atoms with E-state index in [2.05, 4.69) is 39.2 Å². The molecule has 4 saturated heterocycles. The Morgan fingerprint density at radius 2 is 1.81 bits per heavy atom. The van der Waals surface area contributed by atoms with Gasteiger partial charge in [0.2, 0.25) is 0 Å². The lowest BCUT2D eigenvalue weighted by atomic mass is 9.79. The number of pyridine rings is 1. The van der Waals surface area contributed by atoms with Crippen LogP contribution < -0.4 is 10.2 Å². The minimum Gasteiger partial charge on any atom is -0.378 e. The molecule has 1 amide bonds. The summed E-state index contributed by atoms with van der Waals surface area (Å²) in [6.45, 7) is 7.96. The van der Waals surface area contributed by atoms with Gasteiger partial charge in [0.15, 0.2) is 0 Å². The molecule has 2 atom stereocenters. The fraction of sp³-hybridized carbons (Fsp3) is 0.500. The summed E-state index contributed by atoms with van der Waals surface area (Å²) < 4.78 is 5.41. The highest BCUT2D eigenvalue weighted by molar-refractivity contribution is 7.99. The molecule has 1 N–H and O–H groups in total. The van der Waals surface area contributed by atoms with Crippen molar-refractivity contribution in [2.45, 2.75) is 41.8 Å². The zero-order valence-corrected chi connectivity index (χ0v) is 18.8. The highest BCUT2D eigenvalue weighted by Crippen LogP contribution is 2.32. The van der Waals surface area contributed by atoms with Gasteiger partial charge < -0.3 is 15.0 Å². The Balaban J connectivity index is 1.18. The fourth-order valence-corrected chi connectivity index (χ4v) is 5.77. The lowest BCUT2D eigenvalue weighted by Gasteiger charge is -2.49. The molecule has 4 fully saturated rings. The summed E-state index contributed by atoms with van der Waals surface area (Å²) in [7, 11) is 0. The second-order valence-corrected chi connectivity index (χ2v) is 9.79. The molecule has 5 heterocycles. The normalized spacial score (nSPS) is 27.8. The molecule has 6 rings (SSSR count). The molecule has 0 saturated carbocycles. The molecular formula is C24H30N4O2S. The first-order valence-electron chi connectivity index (χ1n) is 11.3. The van der Waals surface area contributed by atoms with Gasteiger partial charge in [-0.25, -0.2) is 4.98 Å². The molecule has 164 valence electrons. The lowest BCUT2D eigenvalue weighted by Crippen LogP contribution is -2.62. The molecule has 1 aromatic heterocycles. The second kappa shape index (κ2) is 9.18. The SMILES string of the molecule is C[C@@H]1[C@H](NC(=O)c2ccc(Sc3ccc(N4CCOCC4)cn3)cc2)C2CCN1CC2. The predicted molar refractivity (Wildman–Crippen MR) is 123 cm³/mol. The third-order valence-corrected chi connectivity index (χ3v) is 7.87. The number of piperidine rings is 3. The van der Waals surface area contributed by atoms with Gasteiger partial charge in [-0.1, -0.05) is 11.8 Å². The van der Waals surface area contributed by atoms with Crippen LogP contribution in [0.15, 0.2) is 52.5 Å². The number of hydrogen-bond donors (Lipinski definition) is 1. The molecular weight excluding hydrogens is 408 g/mol. The number of carbonyl (C=O) groups is 1. The first-order valence-corrected chi connectivity index (χ1v) is 12.1. The predicted octanol–water partition coefficient (Wildman–Crippen LogP) is 3.28. The third-order valence-electron chi connectivity index (χ3n) is 6.91. The van der Waals surface area contributed by atoms with Crippen LogP contribution >= 0.6 is 11.8 Å². The number of rotatable bonds is 5. The number of morpholine rings is 1. The van der Waals surface area contributed by atoms with Crippen LogP contribution in [-0.2, 0) is 4.74 Å².